The molecule has 1 N–H and O–H groups in total. The van der Waals surface area contributed by atoms with Crippen molar-refractivity contribution in [1.29, 1.82) is 0 Å². The molecular formula is C15H18O5. The molecule has 2 aliphatic rings. The lowest BCUT2D eigenvalue weighted by molar-refractivity contribution is -0.271. The van der Waals surface area contributed by atoms with E-state index in [2.05, 4.69) is 0 Å². The molecule has 0 radical (unpaired) electrons. The van der Waals surface area contributed by atoms with Crippen molar-refractivity contribution < 1.29 is 24.1 Å². The van der Waals surface area contributed by atoms with Crippen LogP contribution in [0, 0.1) is 0 Å². The summed E-state index contributed by atoms with van der Waals surface area (Å²) < 4.78 is 16.9. The fourth-order valence-electron chi connectivity index (χ4n) is 3.03. The minimum absolute atomic E-state index is 0.260. The number of aliphatic hydroxyl groups is 1. The number of fused-ring (bicyclic) bond motifs is 2. The largest absolute Gasteiger partial charge is 0.452 e. The van der Waals surface area contributed by atoms with Gasteiger partial charge in [0.1, 0.15) is 5.60 Å². The Kier molecular flexibility index (Phi) is 2.90. The molecule has 2 fully saturated rings. The smallest absolute Gasteiger partial charge is 0.338 e. The van der Waals surface area contributed by atoms with E-state index in [4.69, 9.17) is 14.2 Å². The van der Waals surface area contributed by atoms with Gasteiger partial charge < -0.3 is 19.3 Å². The topological polar surface area (TPSA) is 65.0 Å². The summed E-state index contributed by atoms with van der Waals surface area (Å²) in [4.78, 5) is 12.2. The summed E-state index contributed by atoms with van der Waals surface area (Å²) in [6, 6.07) is 8.75. The SMILES string of the molecule is C[C@@H]1O[C@]2(C)C(O)O[C@@]1(C)[C@@H]2OC(=O)c1ccccc1. The van der Waals surface area contributed by atoms with Crippen LogP contribution in [0.3, 0.4) is 0 Å². The first-order chi connectivity index (χ1) is 9.38. The van der Waals surface area contributed by atoms with Gasteiger partial charge >= 0.3 is 5.97 Å². The standard InChI is InChI=1S/C15H18O5/c1-9-14(2)12(15(3,19-9)13(17)20-14)18-11(16)10-7-5-4-6-8-10/h4-9,12-13,17H,1-3H3/t9-,12-,13?,14+,15-/m0/s1. The molecule has 108 valence electrons. The van der Waals surface area contributed by atoms with Crippen LogP contribution in [0.2, 0.25) is 0 Å². The predicted molar refractivity (Wildman–Crippen MR) is 70.1 cm³/mol. The average molecular weight is 278 g/mol. The number of carbonyl (C=O) groups is 1. The third-order valence-electron chi connectivity index (χ3n) is 4.37. The number of ether oxygens (including phenoxy) is 3. The molecule has 2 aliphatic heterocycles. The van der Waals surface area contributed by atoms with Crippen molar-refractivity contribution >= 4 is 5.97 Å². The summed E-state index contributed by atoms with van der Waals surface area (Å²) in [6.45, 7) is 5.35. The molecule has 3 rings (SSSR count). The highest BCUT2D eigenvalue weighted by molar-refractivity contribution is 5.89. The summed E-state index contributed by atoms with van der Waals surface area (Å²) in [5.74, 6) is -0.441. The normalized spacial score (nSPS) is 42.7. The van der Waals surface area contributed by atoms with E-state index in [0.717, 1.165) is 0 Å². The van der Waals surface area contributed by atoms with E-state index in [0.29, 0.717) is 5.56 Å². The molecule has 0 aliphatic carbocycles. The van der Waals surface area contributed by atoms with Gasteiger partial charge in [-0.05, 0) is 32.9 Å². The van der Waals surface area contributed by atoms with Crippen molar-refractivity contribution in [3.8, 4) is 0 Å². The van der Waals surface area contributed by atoms with Crippen molar-refractivity contribution in [2.75, 3.05) is 0 Å². The number of aliphatic hydroxyl groups excluding tert-OH is 1. The zero-order chi connectivity index (χ0) is 14.5. The number of hydrogen-bond acceptors (Lipinski definition) is 5. The zero-order valence-electron chi connectivity index (χ0n) is 11.7. The van der Waals surface area contributed by atoms with Gasteiger partial charge in [-0.2, -0.15) is 0 Å². The Morgan fingerprint density at radius 1 is 1.20 bits per heavy atom. The first-order valence-corrected chi connectivity index (χ1v) is 6.67. The lowest BCUT2D eigenvalue weighted by Gasteiger charge is -2.32. The fourth-order valence-corrected chi connectivity index (χ4v) is 3.03. The van der Waals surface area contributed by atoms with E-state index in [9.17, 15) is 9.90 Å². The number of benzene rings is 1. The van der Waals surface area contributed by atoms with Gasteiger partial charge in [-0.1, -0.05) is 18.2 Å². The Morgan fingerprint density at radius 3 is 2.40 bits per heavy atom. The van der Waals surface area contributed by atoms with Crippen LogP contribution in [0.5, 0.6) is 0 Å². The van der Waals surface area contributed by atoms with Gasteiger partial charge in [0.15, 0.2) is 18.0 Å². The van der Waals surface area contributed by atoms with E-state index in [1.165, 1.54) is 0 Å². The number of esters is 1. The Labute approximate surface area is 117 Å². The van der Waals surface area contributed by atoms with Crippen molar-refractivity contribution in [2.45, 2.75) is 50.5 Å². The summed E-state index contributed by atoms with van der Waals surface area (Å²) in [6.07, 6.45) is -2.01. The second kappa shape index (κ2) is 4.28. The van der Waals surface area contributed by atoms with Gasteiger partial charge in [0.25, 0.3) is 0 Å². The minimum Gasteiger partial charge on any atom is -0.452 e. The van der Waals surface area contributed by atoms with Gasteiger partial charge in [0, 0.05) is 0 Å². The maximum Gasteiger partial charge on any atom is 0.338 e. The molecule has 1 aromatic rings. The third-order valence-corrected chi connectivity index (χ3v) is 4.37. The number of hydrogen-bond donors (Lipinski definition) is 1. The van der Waals surface area contributed by atoms with E-state index in [-0.39, 0.29) is 6.10 Å². The van der Waals surface area contributed by atoms with E-state index in [1.54, 1.807) is 38.1 Å². The first kappa shape index (κ1) is 13.5. The van der Waals surface area contributed by atoms with Crippen LogP contribution in [0.1, 0.15) is 31.1 Å². The molecule has 5 atom stereocenters. The molecule has 0 amide bonds. The van der Waals surface area contributed by atoms with E-state index in [1.807, 2.05) is 13.0 Å². The Hall–Kier alpha value is -1.43. The maximum absolute atomic E-state index is 12.2. The van der Waals surface area contributed by atoms with Crippen LogP contribution in [-0.4, -0.2) is 40.8 Å². The van der Waals surface area contributed by atoms with Gasteiger partial charge in [-0.15, -0.1) is 0 Å². The molecule has 5 heteroatoms. The van der Waals surface area contributed by atoms with Crippen molar-refractivity contribution in [2.24, 2.45) is 0 Å². The molecule has 2 bridgehead atoms. The van der Waals surface area contributed by atoms with Gasteiger partial charge in [-0.25, -0.2) is 4.79 Å². The minimum atomic E-state index is -1.10. The molecule has 0 spiro atoms. The third kappa shape index (κ3) is 1.70. The zero-order valence-corrected chi connectivity index (χ0v) is 11.7. The monoisotopic (exact) mass is 278 g/mol. The Morgan fingerprint density at radius 2 is 1.85 bits per heavy atom. The lowest BCUT2D eigenvalue weighted by atomic mass is 9.90. The first-order valence-electron chi connectivity index (χ1n) is 6.67. The molecular weight excluding hydrogens is 260 g/mol. The van der Waals surface area contributed by atoms with Gasteiger partial charge in [0.2, 0.25) is 0 Å². The van der Waals surface area contributed by atoms with Crippen LogP contribution in [0.25, 0.3) is 0 Å². The number of rotatable bonds is 2. The van der Waals surface area contributed by atoms with E-state index < -0.39 is 29.6 Å². The average Bonchev–Trinajstić information content (AvgIpc) is 2.72. The summed E-state index contributed by atoms with van der Waals surface area (Å²) in [5, 5.41) is 9.98. The molecule has 1 unspecified atom stereocenters. The second-order valence-corrected chi connectivity index (χ2v) is 5.75. The quantitative estimate of drug-likeness (QED) is 0.830. The molecule has 2 heterocycles. The summed E-state index contributed by atoms with van der Waals surface area (Å²) in [5.41, 5.74) is -1.40. The molecule has 0 aromatic heterocycles. The predicted octanol–water partition coefficient (Wildman–Crippen LogP) is 1.50. The van der Waals surface area contributed by atoms with Crippen LogP contribution >= 0.6 is 0 Å². The lowest BCUT2D eigenvalue weighted by Crippen LogP contribution is -2.46. The Bertz CT molecular complexity index is 508. The van der Waals surface area contributed by atoms with Crippen molar-refractivity contribution in [3.05, 3.63) is 35.9 Å². The second-order valence-electron chi connectivity index (χ2n) is 5.75. The molecule has 1 aromatic carbocycles. The molecule has 2 saturated heterocycles. The van der Waals surface area contributed by atoms with Crippen LogP contribution in [0.15, 0.2) is 30.3 Å². The highest BCUT2D eigenvalue weighted by atomic mass is 16.7. The summed E-state index contributed by atoms with van der Waals surface area (Å²) >= 11 is 0. The van der Waals surface area contributed by atoms with Gasteiger partial charge in [-0.3, -0.25) is 0 Å². The molecule has 0 saturated carbocycles. The van der Waals surface area contributed by atoms with Crippen LogP contribution < -0.4 is 0 Å². The van der Waals surface area contributed by atoms with Crippen molar-refractivity contribution in [3.63, 3.8) is 0 Å². The molecule has 20 heavy (non-hydrogen) atoms. The van der Waals surface area contributed by atoms with Crippen molar-refractivity contribution in [1.82, 2.24) is 0 Å². The van der Waals surface area contributed by atoms with Crippen LogP contribution in [-0.2, 0) is 14.2 Å². The van der Waals surface area contributed by atoms with E-state index >= 15 is 0 Å². The molecule has 5 nitrogen and oxygen atoms in total. The highest BCUT2D eigenvalue weighted by Gasteiger charge is 2.71. The van der Waals surface area contributed by atoms with Crippen LogP contribution in [0.4, 0.5) is 0 Å². The fraction of sp³-hybridized carbons (Fsp3) is 0.533. The highest BCUT2D eigenvalue weighted by Crippen LogP contribution is 2.51. The number of carbonyl (C=O) groups excluding carboxylic acids is 1. The van der Waals surface area contributed by atoms with Gasteiger partial charge in [0.05, 0.1) is 11.7 Å². The Balaban J connectivity index is 1.86. The maximum atomic E-state index is 12.2. The summed E-state index contributed by atoms with van der Waals surface area (Å²) in [7, 11) is 0.